The van der Waals surface area contributed by atoms with Crippen molar-refractivity contribution in [2.24, 2.45) is 0 Å². The normalized spacial score (nSPS) is 10.7. The summed E-state index contributed by atoms with van der Waals surface area (Å²) in [6, 6.07) is 6.10. The highest BCUT2D eigenvalue weighted by atomic mass is 32.2. The maximum Gasteiger partial charge on any atom is 0.244 e. The van der Waals surface area contributed by atoms with Crippen molar-refractivity contribution in [2.75, 3.05) is 12.4 Å². The van der Waals surface area contributed by atoms with Crippen LogP contribution in [0.1, 0.15) is 17.1 Å². The van der Waals surface area contributed by atoms with Crippen molar-refractivity contribution in [1.29, 1.82) is 0 Å². The molecule has 2 aromatic heterocycles. The predicted octanol–water partition coefficient (Wildman–Crippen LogP) is 3.47. The average molecular weight is 446 g/mol. The van der Waals surface area contributed by atoms with Gasteiger partial charge < -0.3 is 14.6 Å². The lowest BCUT2D eigenvalue weighted by Crippen LogP contribution is -2.23. The first-order chi connectivity index (χ1) is 14.7. The van der Waals surface area contributed by atoms with Gasteiger partial charge in [-0.05, 0) is 32.0 Å². The molecule has 0 unspecified atom stereocenters. The molecule has 0 saturated carbocycles. The third-order valence-electron chi connectivity index (χ3n) is 4.23. The molecule has 0 atom stereocenters. The van der Waals surface area contributed by atoms with Gasteiger partial charge >= 0.3 is 0 Å². The molecule has 0 spiro atoms. The molecule has 1 aromatic carbocycles. The van der Waals surface area contributed by atoms with E-state index < -0.39 is 17.5 Å². The average Bonchev–Trinajstić information content (AvgIpc) is 2.69. The second-order valence-electron chi connectivity index (χ2n) is 6.72. The summed E-state index contributed by atoms with van der Waals surface area (Å²) in [5.41, 5.74) is 1.71. The van der Waals surface area contributed by atoms with E-state index in [0.717, 1.165) is 23.5 Å². The standard InChI is InChI=1S/C21H20F2N4O3S/c1-12-6-13(2)25-21(24-12)31-11-15-8-18(28)19(30-3)9-27(15)10-20(29)26-17-5-4-14(22)7-16(17)23/h4-9H,10-11H2,1-3H3,(H,26,29). The molecule has 31 heavy (non-hydrogen) atoms. The van der Waals surface area contributed by atoms with Gasteiger partial charge in [-0.1, -0.05) is 11.8 Å². The molecule has 3 aromatic rings. The zero-order valence-electron chi connectivity index (χ0n) is 17.1. The van der Waals surface area contributed by atoms with Gasteiger partial charge in [0.05, 0.1) is 19.0 Å². The van der Waals surface area contributed by atoms with Crippen LogP contribution < -0.4 is 15.5 Å². The zero-order valence-corrected chi connectivity index (χ0v) is 17.9. The van der Waals surface area contributed by atoms with Gasteiger partial charge in [0, 0.05) is 35.0 Å². The maximum absolute atomic E-state index is 13.8. The molecule has 1 N–H and O–H groups in total. The number of aryl methyl sites for hydroxylation is 2. The second kappa shape index (κ2) is 9.69. The number of nitrogens with zero attached hydrogens (tertiary/aromatic N) is 3. The summed E-state index contributed by atoms with van der Waals surface area (Å²) < 4.78 is 33.5. The number of rotatable bonds is 7. The number of anilines is 1. The van der Waals surface area contributed by atoms with Crippen molar-refractivity contribution >= 4 is 23.4 Å². The molecule has 10 heteroatoms. The molecular weight excluding hydrogens is 426 g/mol. The number of ether oxygens (including phenoxy) is 1. The van der Waals surface area contributed by atoms with Gasteiger partial charge in [0.15, 0.2) is 10.9 Å². The van der Waals surface area contributed by atoms with Crippen LogP contribution in [-0.2, 0) is 17.1 Å². The number of amides is 1. The smallest absolute Gasteiger partial charge is 0.244 e. The summed E-state index contributed by atoms with van der Waals surface area (Å²) in [6.07, 6.45) is 1.42. The largest absolute Gasteiger partial charge is 0.491 e. The van der Waals surface area contributed by atoms with E-state index in [0.29, 0.717) is 22.7 Å². The number of methoxy groups -OCH3 is 1. The van der Waals surface area contributed by atoms with Crippen LogP contribution in [0.5, 0.6) is 5.75 Å². The highest BCUT2D eigenvalue weighted by molar-refractivity contribution is 7.98. The zero-order chi connectivity index (χ0) is 22.5. The third-order valence-corrected chi connectivity index (χ3v) is 5.11. The monoisotopic (exact) mass is 446 g/mol. The van der Waals surface area contributed by atoms with Gasteiger partial charge in [0.1, 0.15) is 18.2 Å². The van der Waals surface area contributed by atoms with Crippen molar-refractivity contribution in [3.05, 3.63) is 75.5 Å². The molecule has 0 aliphatic rings. The fourth-order valence-electron chi connectivity index (χ4n) is 2.85. The summed E-state index contributed by atoms with van der Waals surface area (Å²) >= 11 is 1.32. The Morgan fingerprint density at radius 2 is 1.87 bits per heavy atom. The SMILES string of the molecule is COc1cn(CC(=O)Nc2ccc(F)cc2F)c(CSc2nc(C)cc(C)n2)cc1=O. The summed E-state index contributed by atoms with van der Waals surface area (Å²) in [6.45, 7) is 3.51. The lowest BCUT2D eigenvalue weighted by atomic mass is 10.3. The predicted molar refractivity (Wildman–Crippen MR) is 113 cm³/mol. The molecule has 3 rings (SSSR count). The first-order valence-corrected chi connectivity index (χ1v) is 10.2. The van der Waals surface area contributed by atoms with Crippen LogP contribution >= 0.6 is 11.8 Å². The fraction of sp³-hybridized carbons (Fsp3) is 0.238. The molecular formula is C21H20F2N4O3S. The topological polar surface area (TPSA) is 86.1 Å². The summed E-state index contributed by atoms with van der Waals surface area (Å²) in [5, 5.41) is 2.95. The van der Waals surface area contributed by atoms with Crippen molar-refractivity contribution in [2.45, 2.75) is 31.3 Å². The van der Waals surface area contributed by atoms with Gasteiger partial charge in [0.25, 0.3) is 0 Å². The van der Waals surface area contributed by atoms with Crippen LogP contribution in [0.4, 0.5) is 14.5 Å². The Kier molecular flexibility index (Phi) is 7.01. The van der Waals surface area contributed by atoms with E-state index in [1.54, 1.807) is 0 Å². The number of thioether (sulfide) groups is 1. The van der Waals surface area contributed by atoms with Gasteiger partial charge in [-0.2, -0.15) is 0 Å². The lowest BCUT2D eigenvalue weighted by molar-refractivity contribution is -0.116. The highest BCUT2D eigenvalue weighted by Crippen LogP contribution is 2.21. The third kappa shape index (κ3) is 5.88. The Morgan fingerprint density at radius 3 is 2.52 bits per heavy atom. The van der Waals surface area contributed by atoms with Crippen LogP contribution in [0, 0.1) is 25.5 Å². The van der Waals surface area contributed by atoms with E-state index >= 15 is 0 Å². The van der Waals surface area contributed by atoms with Crippen LogP contribution in [0.15, 0.2) is 46.5 Å². The highest BCUT2D eigenvalue weighted by Gasteiger charge is 2.14. The van der Waals surface area contributed by atoms with Crippen LogP contribution in [-0.4, -0.2) is 27.6 Å². The van der Waals surface area contributed by atoms with Crippen molar-refractivity contribution in [3.8, 4) is 5.75 Å². The Labute approximate surface area is 181 Å². The van der Waals surface area contributed by atoms with E-state index in [1.165, 1.54) is 35.7 Å². The molecule has 162 valence electrons. The molecule has 0 aliphatic heterocycles. The number of nitrogens with one attached hydrogen (secondary N) is 1. The minimum absolute atomic E-state index is 0.0668. The van der Waals surface area contributed by atoms with Gasteiger partial charge in [0.2, 0.25) is 11.3 Å². The Balaban J connectivity index is 1.82. The Morgan fingerprint density at radius 1 is 1.16 bits per heavy atom. The quantitative estimate of drug-likeness (QED) is 0.442. The molecule has 0 bridgehead atoms. The number of pyridine rings is 1. The first-order valence-electron chi connectivity index (χ1n) is 9.22. The first kappa shape index (κ1) is 22.4. The minimum atomic E-state index is -0.881. The fourth-order valence-corrected chi connectivity index (χ4v) is 3.79. The van der Waals surface area contributed by atoms with E-state index in [4.69, 9.17) is 4.74 Å². The minimum Gasteiger partial charge on any atom is -0.491 e. The molecule has 2 heterocycles. The van der Waals surface area contributed by atoms with Crippen molar-refractivity contribution in [3.63, 3.8) is 0 Å². The van der Waals surface area contributed by atoms with Gasteiger partial charge in [-0.25, -0.2) is 18.7 Å². The molecule has 1 amide bonds. The number of benzene rings is 1. The number of carbonyl (C=O) groups excluding carboxylic acids is 1. The maximum atomic E-state index is 13.8. The number of aromatic nitrogens is 3. The molecule has 0 radical (unpaired) electrons. The van der Waals surface area contributed by atoms with Gasteiger partial charge in [-0.3, -0.25) is 9.59 Å². The second-order valence-corrected chi connectivity index (χ2v) is 7.66. The lowest BCUT2D eigenvalue weighted by Gasteiger charge is -2.15. The van der Waals surface area contributed by atoms with E-state index in [1.807, 2.05) is 19.9 Å². The Bertz CT molecular complexity index is 1160. The van der Waals surface area contributed by atoms with E-state index in [-0.39, 0.29) is 23.4 Å². The van der Waals surface area contributed by atoms with E-state index in [2.05, 4.69) is 15.3 Å². The van der Waals surface area contributed by atoms with Gasteiger partial charge in [-0.15, -0.1) is 0 Å². The van der Waals surface area contributed by atoms with Crippen molar-refractivity contribution < 1.29 is 18.3 Å². The summed E-state index contributed by atoms with van der Waals surface area (Å²) in [7, 11) is 1.35. The number of hydrogen-bond donors (Lipinski definition) is 1. The van der Waals surface area contributed by atoms with Crippen LogP contribution in [0.25, 0.3) is 0 Å². The van der Waals surface area contributed by atoms with E-state index in [9.17, 15) is 18.4 Å². The van der Waals surface area contributed by atoms with Crippen LogP contribution in [0.2, 0.25) is 0 Å². The molecule has 0 saturated heterocycles. The molecule has 7 nitrogen and oxygen atoms in total. The molecule has 0 fully saturated rings. The number of halogens is 2. The van der Waals surface area contributed by atoms with Crippen molar-refractivity contribution in [1.82, 2.24) is 14.5 Å². The van der Waals surface area contributed by atoms with Crippen LogP contribution in [0.3, 0.4) is 0 Å². The number of hydrogen-bond acceptors (Lipinski definition) is 6. The number of carbonyl (C=O) groups is 1. The summed E-state index contributed by atoms with van der Waals surface area (Å²) in [5.74, 6) is -1.79. The Hall–Kier alpha value is -3.27. The molecule has 0 aliphatic carbocycles. The summed E-state index contributed by atoms with van der Waals surface area (Å²) in [4.78, 5) is 33.4.